The highest BCUT2D eigenvalue weighted by Gasteiger charge is 2.50. The molecule has 5 atom stereocenters. The van der Waals surface area contributed by atoms with Crippen LogP contribution in [0.5, 0.6) is 5.75 Å². The average molecular weight is 718 g/mol. The second-order valence-corrected chi connectivity index (χ2v) is 15.5. The number of hydrogen-bond acceptors (Lipinski definition) is 9. The van der Waals surface area contributed by atoms with E-state index in [1.807, 2.05) is 94.4 Å². The van der Waals surface area contributed by atoms with Crippen molar-refractivity contribution in [3.05, 3.63) is 94.5 Å². The zero-order valence-corrected chi connectivity index (χ0v) is 30.9. The molecule has 3 aromatic rings. The van der Waals surface area contributed by atoms with Gasteiger partial charge in [0.2, 0.25) is 5.91 Å². The van der Waals surface area contributed by atoms with Gasteiger partial charge in [-0.15, -0.1) is 11.8 Å². The molecule has 2 aliphatic rings. The number of fused-ring (bicyclic) bond motifs is 1. The summed E-state index contributed by atoms with van der Waals surface area (Å²) < 4.78 is 5.33. The number of nitrogens with zero attached hydrogens (tertiary/aromatic N) is 2. The molecular formula is C39H51N5O6S. The summed E-state index contributed by atoms with van der Waals surface area (Å²) >= 11 is 1.43. The van der Waals surface area contributed by atoms with Crippen LogP contribution in [0.3, 0.4) is 0 Å². The predicted molar refractivity (Wildman–Crippen MR) is 201 cm³/mol. The summed E-state index contributed by atoms with van der Waals surface area (Å²) in [5, 5.41) is 28.3. The molecular weight excluding hydrogens is 667 g/mol. The molecule has 274 valence electrons. The molecule has 51 heavy (non-hydrogen) atoms. The van der Waals surface area contributed by atoms with Gasteiger partial charge in [-0.2, -0.15) is 0 Å². The van der Waals surface area contributed by atoms with Gasteiger partial charge in [-0.25, -0.2) is 0 Å². The molecule has 0 radical (unpaired) electrons. The van der Waals surface area contributed by atoms with Gasteiger partial charge in [-0.1, -0.05) is 54.6 Å². The van der Waals surface area contributed by atoms with Crippen LogP contribution >= 0.6 is 11.8 Å². The van der Waals surface area contributed by atoms with Gasteiger partial charge in [0.25, 0.3) is 11.8 Å². The second-order valence-electron chi connectivity index (χ2n) is 13.9. The molecule has 11 nitrogen and oxygen atoms in total. The molecule has 1 aliphatic carbocycles. The van der Waals surface area contributed by atoms with Crippen LogP contribution in [0.25, 0.3) is 0 Å². The van der Waals surface area contributed by atoms with Crippen molar-refractivity contribution in [3.8, 4) is 5.75 Å². The normalized spacial score (nSPS) is 20.3. The molecule has 3 aromatic carbocycles. The fourth-order valence-electron chi connectivity index (χ4n) is 7.19. The van der Waals surface area contributed by atoms with Crippen LogP contribution in [0.4, 0.5) is 5.69 Å². The summed E-state index contributed by atoms with van der Waals surface area (Å²) in [4.78, 5) is 45.0. The summed E-state index contributed by atoms with van der Waals surface area (Å²) in [6, 6.07) is 18.4. The first-order chi connectivity index (χ1) is 24.3. The van der Waals surface area contributed by atoms with Crippen LogP contribution in [-0.4, -0.2) is 94.0 Å². The largest absolute Gasteiger partial charge is 0.483 e. The lowest BCUT2D eigenvalue weighted by Crippen LogP contribution is -2.59. The molecule has 1 fully saturated rings. The van der Waals surface area contributed by atoms with E-state index >= 15 is 0 Å². The van der Waals surface area contributed by atoms with E-state index in [0.717, 1.165) is 46.6 Å². The van der Waals surface area contributed by atoms with E-state index in [1.54, 1.807) is 0 Å². The minimum absolute atomic E-state index is 0.173. The lowest BCUT2D eigenvalue weighted by atomic mass is 9.96. The third kappa shape index (κ3) is 8.69. The van der Waals surface area contributed by atoms with Gasteiger partial charge < -0.3 is 41.1 Å². The fourth-order valence-corrected chi connectivity index (χ4v) is 8.33. The number of carbonyl (C=O) groups is 3. The van der Waals surface area contributed by atoms with Crippen molar-refractivity contribution < 1.29 is 29.3 Å². The van der Waals surface area contributed by atoms with Crippen LogP contribution in [0.1, 0.15) is 54.6 Å². The topological polar surface area (TPSA) is 157 Å². The van der Waals surface area contributed by atoms with Gasteiger partial charge in [0.05, 0.1) is 24.1 Å². The minimum Gasteiger partial charge on any atom is -0.483 e. The van der Waals surface area contributed by atoms with Crippen LogP contribution in [-0.2, 0) is 27.2 Å². The van der Waals surface area contributed by atoms with Gasteiger partial charge >= 0.3 is 0 Å². The standard InChI is InChI=1S/C39H51N5O6S/c1-6-43(17-16-40)28-18-24(2)35(25(3)19-28)50-22-32(46)41-30(20-26-12-8-7-9-13-26)34(47)38(49)44-23-51-39(4,5)36(44)37(48)42-33-29-15-11-10-14-27(29)21-31(33)45/h7-15,18-19,30-31,33-34,36,45,47H,6,16-17,20-23,40H2,1-5H3,(H,41,46)(H,42,48)/t30-,31+,33-,34-,36-/m0/s1. The number of ether oxygens (including phenoxy) is 1. The molecule has 0 aromatic heterocycles. The number of anilines is 1. The number of rotatable bonds is 14. The van der Waals surface area contributed by atoms with E-state index in [0.29, 0.717) is 18.7 Å². The van der Waals surface area contributed by atoms with Gasteiger partial charge in [0.15, 0.2) is 12.7 Å². The number of thioether (sulfide) groups is 1. The summed E-state index contributed by atoms with van der Waals surface area (Å²) in [7, 11) is 0. The van der Waals surface area contributed by atoms with E-state index in [-0.39, 0.29) is 18.9 Å². The Morgan fingerprint density at radius 3 is 2.41 bits per heavy atom. The minimum atomic E-state index is -1.65. The van der Waals surface area contributed by atoms with Gasteiger partial charge in [0, 0.05) is 36.5 Å². The van der Waals surface area contributed by atoms with Crippen molar-refractivity contribution in [2.75, 3.05) is 37.0 Å². The van der Waals surface area contributed by atoms with Crippen LogP contribution in [0, 0.1) is 13.8 Å². The highest BCUT2D eigenvalue weighted by Crippen LogP contribution is 2.41. The summed E-state index contributed by atoms with van der Waals surface area (Å²) in [5.74, 6) is -0.805. The molecule has 12 heteroatoms. The first kappa shape index (κ1) is 38.1. The molecule has 5 rings (SSSR count). The highest BCUT2D eigenvalue weighted by atomic mass is 32.2. The van der Waals surface area contributed by atoms with Gasteiger partial charge in [-0.05, 0) is 81.0 Å². The van der Waals surface area contributed by atoms with Crippen molar-refractivity contribution in [3.63, 3.8) is 0 Å². The van der Waals surface area contributed by atoms with E-state index in [4.69, 9.17) is 10.5 Å². The molecule has 0 spiro atoms. The monoisotopic (exact) mass is 717 g/mol. The van der Waals surface area contributed by atoms with E-state index in [1.165, 1.54) is 16.7 Å². The average Bonchev–Trinajstić information content (AvgIpc) is 3.60. The SMILES string of the molecule is CCN(CCN)c1cc(C)c(OCC(=O)N[C@@H](Cc2ccccc2)[C@H](O)C(=O)N2CSC(C)(C)[C@@H]2C(=O)N[C@H]2c3ccccc3C[C@H]2O)c(C)c1. The quantitative estimate of drug-likeness (QED) is 0.169. The molecule has 6 N–H and O–H groups in total. The molecule has 1 saturated heterocycles. The van der Waals surface area contributed by atoms with Crippen molar-refractivity contribution in [1.29, 1.82) is 0 Å². The number of nitrogens with one attached hydrogen (secondary N) is 2. The lowest BCUT2D eigenvalue weighted by molar-refractivity contribution is -0.148. The summed E-state index contributed by atoms with van der Waals surface area (Å²) in [5.41, 5.74) is 11.2. The number of aryl methyl sites for hydroxylation is 2. The number of likely N-dealkylation sites (N-methyl/N-ethyl adjacent to an activating group) is 1. The molecule has 0 saturated carbocycles. The Hall–Kier alpha value is -4.10. The Kier molecular flexibility index (Phi) is 12.3. The summed E-state index contributed by atoms with van der Waals surface area (Å²) in [6.07, 6.45) is -1.85. The number of aliphatic hydroxyl groups is 2. The number of hydrogen-bond donors (Lipinski definition) is 5. The molecule has 0 unspecified atom stereocenters. The van der Waals surface area contributed by atoms with Gasteiger partial charge in [0.1, 0.15) is 11.8 Å². The molecule has 1 aliphatic heterocycles. The Morgan fingerprint density at radius 1 is 1.08 bits per heavy atom. The predicted octanol–water partition coefficient (Wildman–Crippen LogP) is 3.01. The third-order valence-corrected chi connectivity index (χ3v) is 11.2. The highest BCUT2D eigenvalue weighted by molar-refractivity contribution is 8.00. The Balaban J connectivity index is 1.31. The van der Waals surface area contributed by atoms with E-state index in [9.17, 15) is 24.6 Å². The summed E-state index contributed by atoms with van der Waals surface area (Å²) in [6.45, 7) is 11.4. The maximum Gasteiger partial charge on any atom is 0.258 e. The third-order valence-electron chi connectivity index (χ3n) is 9.80. The van der Waals surface area contributed by atoms with E-state index < -0.39 is 52.8 Å². The smallest absolute Gasteiger partial charge is 0.258 e. The number of aliphatic hydroxyl groups excluding tert-OH is 2. The van der Waals surface area contributed by atoms with Gasteiger partial charge in [-0.3, -0.25) is 14.4 Å². The van der Waals surface area contributed by atoms with Crippen LogP contribution in [0.2, 0.25) is 0 Å². The van der Waals surface area contributed by atoms with Crippen molar-refractivity contribution in [1.82, 2.24) is 15.5 Å². The Labute approximate surface area is 304 Å². The van der Waals surface area contributed by atoms with Crippen molar-refractivity contribution >= 4 is 35.2 Å². The van der Waals surface area contributed by atoms with Crippen LogP contribution in [0.15, 0.2) is 66.7 Å². The zero-order valence-electron chi connectivity index (χ0n) is 30.1. The fraction of sp³-hybridized carbons (Fsp3) is 0.462. The first-order valence-electron chi connectivity index (χ1n) is 17.6. The van der Waals surface area contributed by atoms with E-state index in [2.05, 4.69) is 22.5 Å². The number of amides is 3. The molecule has 3 amide bonds. The maximum atomic E-state index is 14.1. The van der Waals surface area contributed by atoms with Crippen LogP contribution < -0.4 is 26.0 Å². The molecule has 1 heterocycles. The number of benzene rings is 3. The Morgan fingerprint density at radius 2 is 1.75 bits per heavy atom. The number of nitrogens with two attached hydrogens (primary N) is 1. The first-order valence-corrected chi connectivity index (χ1v) is 18.5. The lowest BCUT2D eigenvalue weighted by Gasteiger charge is -2.34. The maximum absolute atomic E-state index is 14.1. The van der Waals surface area contributed by atoms with Crippen molar-refractivity contribution in [2.24, 2.45) is 5.73 Å². The van der Waals surface area contributed by atoms with Crippen molar-refractivity contribution in [2.45, 2.75) is 82.5 Å². The Bertz CT molecular complexity index is 1680. The number of carbonyl (C=O) groups excluding carboxylic acids is 3. The molecule has 0 bridgehead atoms. The zero-order chi connectivity index (χ0) is 36.9. The second kappa shape index (κ2) is 16.5.